The number of carbonyl (C=O) groups excluding carboxylic acids is 2. The van der Waals surface area contributed by atoms with Crippen LogP contribution in [0.3, 0.4) is 0 Å². The molecule has 8 nitrogen and oxygen atoms in total. The molecule has 0 spiro atoms. The minimum atomic E-state index is -4.22. The molecule has 0 aliphatic rings. The van der Waals surface area contributed by atoms with Crippen LogP contribution >= 0.6 is 27.7 Å². The molecule has 0 saturated heterocycles. The maximum absolute atomic E-state index is 14.7. The van der Waals surface area contributed by atoms with Crippen LogP contribution in [0.25, 0.3) is 0 Å². The van der Waals surface area contributed by atoms with Crippen molar-refractivity contribution >= 4 is 55.2 Å². The minimum Gasteiger partial charge on any atom is -0.494 e. The molecule has 11 heteroatoms. The first kappa shape index (κ1) is 37.0. The zero-order chi connectivity index (χ0) is 34.9. The summed E-state index contributed by atoms with van der Waals surface area (Å²) in [6.07, 6.45) is 2.14. The fourth-order valence-electron chi connectivity index (χ4n) is 5.12. The van der Waals surface area contributed by atoms with Crippen molar-refractivity contribution in [1.29, 1.82) is 0 Å². The van der Waals surface area contributed by atoms with E-state index in [1.165, 1.54) is 16.7 Å². The fraction of sp³-hybridized carbons (Fsp3) is 0.297. The number of rotatable bonds is 14. The molecule has 0 saturated carbocycles. The van der Waals surface area contributed by atoms with Crippen LogP contribution in [0.4, 0.5) is 5.69 Å². The number of amides is 2. The molecule has 2 amide bonds. The van der Waals surface area contributed by atoms with Gasteiger partial charge in [-0.1, -0.05) is 58.4 Å². The Balaban J connectivity index is 1.82. The molecule has 1 atom stereocenters. The summed E-state index contributed by atoms with van der Waals surface area (Å²) in [6.45, 7) is 7.50. The quantitative estimate of drug-likeness (QED) is 0.136. The van der Waals surface area contributed by atoms with Crippen LogP contribution in [0.1, 0.15) is 38.8 Å². The lowest BCUT2D eigenvalue weighted by Crippen LogP contribution is -2.56. The van der Waals surface area contributed by atoms with E-state index in [1.807, 2.05) is 88.5 Å². The van der Waals surface area contributed by atoms with Crippen molar-refractivity contribution in [3.63, 3.8) is 0 Å². The van der Waals surface area contributed by atoms with E-state index in [9.17, 15) is 18.0 Å². The van der Waals surface area contributed by atoms with Crippen LogP contribution in [0, 0.1) is 0 Å². The lowest BCUT2D eigenvalue weighted by Gasteiger charge is -2.35. The van der Waals surface area contributed by atoms with Gasteiger partial charge in [-0.15, -0.1) is 11.8 Å². The number of carbonyl (C=O) groups is 2. The largest absolute Gasteiger partial charge is 0.494 e. The van der Waals surface area contributed by atoms with Crippen LogP contribution in [-0.2, 0) is 32.6 Å². The second-order valence-corrected chi connectivity index (χ2v) is 15.9. The van der Waals surface area contributed by atoms with E-state index >= 15 is 0 Å². The highest BCUT2D eigenvalue weighted by molar-refractivity contribution is 9.10. The third-order valence-electron chi connectivity index (χ3n) is 7.37. The summed E-state index contributed by atoms with van der Waals surface area (Å²) in [7, 11) is -4.22. The van der Waals surface area contributed by atoms with Gasteiger partial charge < -0.3 is 15.0 Å². The molecule has 48 heavy (non-hydrogen) atoms. The number of sulfonamides is 1. The molecular formula is C37H42BrN3O5S2. The van der Waals surface area contributed by atoms with Gasteiger partial charge in [0.1, 0.15) is 18.3 Å². The molecule has 1 N–H and O–H groups in total. The van der Waals surface area contributed by atoms with Gasteiger partial charge in [0.25, 0.3) is 10.0 Å². The van der Waals surface area contributed by atoms with Gasteiger partial charge in [-0.3, -0.25) is 13.9 Å². The average Bonchev–Trinajstić information content (AvgIpc) is 3.05. The van der Waals surface area contributed by atoms with Crippen molar-refractivity contribution in [1.82, 2.24) is 10.2 Å². The number of hydrogen-bond donors (Lipinski definition) is 1. The molecule has 0 aromatic heterocycles. The summed E-state index contributed by atoms with van der Waals surface area (Å²) in [6, 6.07) is 29.2. The minimum absolute atomic E-state index is 0.0480. The molecule has 254 valence electrons. The fourth-order valence-corrected chi connectivity index (χ4v) is 7.39. The molecule has 0 bridgehead atoms. The van der Waals surface area contributed by atoms with Crippen molar-refractivity contribution in [3.05, 3.63) is 119 Å². The van der Waals surface area contributed by atoms with E-state index in [-0.39, 0.29) is 23.8 Å². The predicted octanol–water partition coefficient (Wildman–Crippen LogP) is 7.32. The van der Waals surface area contributed by atoms with E-state index in [4.69, 9.17) is 4.74 Å². The third kappa shape index (κ3) is 10.1. The van der Waals surface area contributed by atoms with Crippen LogP contribution in [0.5, 0.6) is 5.75 Å². The molecule has 0 fully saturated rings. The molecule has 0 heterocycles. The highest BCUT2D eigenvalue weighted by Gasteiger charge is 2.35. The number of hydrogen-bond acceptors (Lipinski definition) is 6. The van der Waals surface area contributed by atoms with Gasteiger partial charge in [0.05, 0.1) is 17.2 Å². The van der Waals surface area contributed by atoms with Gasteiger partial charge in [0.2, 0.25) is 11.8 Å². The Morgan fingerprint density at radius 1 is 0.896 bits per heavy atom. The highest BCUT2D eigenvalue weighted by Crippen LogP contribution is 2.28. The molecule has 4 aromatic rings. The number of nitrogens with zero attached hydrogens (tertiary/aromatic N) is 2. The first-order chi connectivity index (χ1) is 22.8. The first-order valence-corrected chi connectivity index (χ1v) is 19.1. The van der Waals surface area contributed by atoms with Crippen LogP contribution in [0.2, 0.25) is 0 Å². The first-order valence-electron chi connectivity index (χ1n) is 15.6. The Bertz CT molecular complexity index is 1780. The second kappa shape index (κ2) is 16.5. The maximum Gasteiger partial charge on any atom is 0.264 e. The topological polar surface area (TPSA) is 96.0 Å². The SMILES string of the molecule is CCOc1ccc(N(CC(=O)N(Cc2cccc(Br)c2)[C@@H](Cc2ccccc2)C(=O)NC(C)(C)C)S(=O)(=O)c2ccc(SC)cc2)cc1. The van der Waals surface area contributed by atoms with Gasteiger partial charge in [-0.25, -0.2) is 8.42 Å². The van der Waals surface area contributed by atoms with Gasteiger partial charge in [0.15, 0.2) is 0 Å². The summed E-state index contributed by atoms with van der Waals surface area (Å²) in [5, 5.41) is 3.05. The number of thioether (sulfide) groups is 1. The Morgan fingerprint density at radius 2 is 1.54 bits per heavy atom. The lowest BCUT2D eigenvalue weighted by atomic mass is 10.0. The standard InChI is InChI=1S/C37H42BrN3O5S2/c1-6-46-31-17-15-30(16-18-31)41(48(44,45)33-21-19-32(47-5)20-22-33)26-35(42)40(25-28-13-10-14-29(38)23-28)34(36(43)39-37(2,3)4)24-27-11-8-7-9-12-27/h7-23,34H,6,24-26H2,1-5H3,(H,39,43)/t34-/m0/s1. The molecule has 0 aliphatic carbocycles. The van der Waals surface area contributed by atoms with Crippen molar-refractivity contribution in [3.8, 4) is 5.75 Å². The number of halogens is 1. The van der Waals surface area contributed by atoms with Crippen molar-refractivity contribution in [2.75, 3.05) is 23.7 Å². The number of nitrogens with one attached hydrogen (secondary N) is 1. The normalized spacial score (nSPS) is 12.2. The van der Waals surface area contributed by atoms with E-state index in [2.05, 4.69) is 21.2 Å². The van der Waals surface area contributed by atoms with E-state index in [1.54, 1.807) is 48.5 Å². The molecule has 0 unspecified atom stereocenters. The zero-order valence-corrected chi connectivity index (χ0v) is 31.1. The van der Waals surface area contributed by atoms with E-state index in [0.717, 1.165) is 24.8 Å². The maximum atomic E-state index is 14.7. The highest BCUT2D eigenvalue weighted by atomic mass is 79.9. The van der Waals surface area contributed by atoms with Crippen LogP contribution in [0.15, 0.2) is 117 Å². The van der Waals surface area contributed by atoms with E-state index in [0.29, 0.717) is 18.0 Å². The molecule has 0 aliphatic heterocycles. The van der Waals surface area contributed by atoms with Gasteiger partial charge in [-0.2, -0.15) is 0 Å². The number of ether oxygens (including phenoxy) is 1. The molecule has 4 aromatic carbocycles. The lowest BCUT2D eigenvalue weighted by molar-refractivity contribution is -0.140. The summed E-state index contributed by atoms with van der Waals surface area (Å²) in [5.74, 6) is -0.289. The molecular weight excluding hydrogens is 710 g/mol. The molecule has 4 rings (SSSR count). The Morgan fingerprint density at radius 3 is 2.12 bits per heavy atom. The zero-order valence-electron chi connectivity index (χ0n) is 27.9. The Hall–Kier alpha value is -3.80. The smallest absolute Gasteiger partial charge is 0.264 e. The average molecular weight is 753 g/mol. The summed E-state index contributed by atoms with van der Waals surface area (Å²) in [4.78, 5) is 31.2. The number of anilines is 1. The summed E-state index contributed by atoms with van der Waals surface area (Å²) < 4.78 is 36.2. The van der Waals surface area contributed by atoms with Crippen molar-refractivity contribution in [2.45, 2.75) is 62.0 Å². The predicted molar refractivity (Wildman–Crippen MR) is 197 cm³/mol. The van der Waals surface area contributed by atoms with Crippen LogP contribution < -0.4 is 14.4 Å². The monoisotopic (exact) mass is 751 g/mol. The third-order valence-corrected chi connectivity index (χ3v) is 10.4. The van der Waals surface area contributed by atoms with Crippen molar-refractivity contribution in [2.24, 2.45) is 0 Å². The van der Waals surface area contributed by atoms with E-state index < -0.39 is 34.1 Å². The summed E-state index contributed by atoms with van der Waals surface area (Å²) >= 11 is 5.02. The Labute approximate surface area is 297 Å². The summed E-state index contributed by atoms with van der Waals surface area (Å²) in [5.41, 5.74) is 1.37. The second-order valence-electron chi connectivity index (χ2n) is 12.2. The van der Waals surface area contributed by atoms with Gasteiger partial charge in [-0.05, 0) is 106 Å². The number of benzene rings is 4. The Kier molecular flexibility index (Phi) is 12.8. The van der Waals surface area contributed by atoms with Crippen LogP contribution in [-0.4, -0.2) is 56.1 Å². The molecule has 0 radical (unpaired) electrons. The van der Waals surface area contributed by atoms with Crippen molar-refractivity contribution < 1.29 is 22.7 Å². The van der Waals surface area contributed by atoms with Gasteiger partial charge >= 0.3 is 0 Å². The van der Waals surface area contributed by atoms with Gasteiger partial charge in [0, 0.05) is 27.9 Å².